The minimum atomic E-state index is 0.164. The van der Waals surface area contributed by atoms with Gasteiger partial charge in [0.25, 0.3) is 5.91 Å². The lowest BCUT2D eigenvalue weighted by Gasteiger charge is -2.15. The van der Waals surface area contributed by atoms with Crippen LogP contribution in [0.25, 0.3) is 10.9 Å². The number of aromatic nitrogens is 1. The third-order valence-electron chi connectivity index (χ3n) is 3.51. The van der Waals surface area contributed by atoms with Crippen LogP contribution in [0.2, 0.25) is 0 Å². The number of rotatable bonds is 1. The van der Waals surface area contributed by atoms with Gasteiger partial charge in [0.15, 0.2) is 0 Å². The molecule has 1 aliphatic heterocycles. The smallest absolute Gasteiger partial charge is 0.253 e. The molecule has 1 saturated heterocycles. The van der Waals surface area contributed by atoms with Gasteiger partial charge in [-0.05, 0) is 36.6 Å². The summed E-state index contributed by atoms with van der Waals surface area (Å²) in [6.45, 7) is 3.98. The fourth-order valence-electron chi connectivity index (χ4n) is 2.49. The lowest BCUT2D eigenvalue weighted by molar-refractivity contribution is 0.0788. The Morgan fingerprint density at radius 2 is 2.29 bits per heavy atom. The third-order valence-corrected chi connectivity index (χ3v) is 3.51. The highest BCUT2D eigenvalue weighted by atomic mass is 16.2. The normalized spacial score (nSPS) is 20.1. The van der Waals surface area contributed by atoms with Gasteiger partial charge in [0.1, 0.15) is 0 Å². The Bertz CT molecular complexity index is 558. The molecular formula is C14H16N2O. The molecule has 1 fully saturated rings. The van der Waals surface area contributed by atoms with Gasteiger partial charge < -0.3 is 9.88 Å². The highest BCUT2D eigenvalue weighted by Crippen LogP contribution is 2.20. The second-order valence-electron chi connectivity index (χ2n) is 4.92. The van der Waals surface area contributed by atoms with E-state index in [9.17, 15) is 4.79 Å². The molecule has 3 rings (SSSR count). The van der Waals surface area contributed by atoms with Crippen LogP contribution in [-0.4, -0.2) is 28.9 Å². The Kier molecular flexibility index (Phi) is 2.39. The summed E-state index contributed by atoms with van der Waals surface area (Å²) in [5, 5.41) is 1.10. The Morgan fingerprint density at radius 3 is 3.06 bits per heavy atom. The van der Waals surface area contributed by atoms with Crippen LogP contribution in [0.3, 0.4) is 0 Å². The molecule has 1 amide bonds. The van der Waals surface area contributed by atoms with Crippen LogP contribution in [0.1, 0.15) is 23.7 Å². The van der Waals surface area contributed by atoms with Crippen LogP contribution in [0.5, 0.6) is 0 Å². The number of fused-ring (bicyclic) bond motifs is 1. The first-order valence-corrected chi connectivity index (χ1v) is 6.10. The van der Waals surface area contributed by atoms with Gasteiger partial charge >= 0.3 is 0 Å². The topological polar surface area (TPSA) is 36.1 Å². The molecule has 1 unspecified atom stereocenters. The Morgan fingerprint density at radius 1 is 1.41 bits per heavy atom. The van der Waals surface area contributed by atoms with Gasteiger partial charge in [0, 0.05) is 35.8 Å². The van der Waals surface area contributed by atoms with E-state index < -0.39 is 0 Å². The van der Waals surface area contributed by atoms with Crippen molar-refractivity contribution in [2.75, 3.05) is 13.1 Å². The van der Waals surface area contributed by atoms with Crippen molar-refractivity contribution in [3.05, 3.63) is 36.0 Å². The maximum Gasteiger partial charge on any atom is 0.253 e. The van der Waals surface area contributed by atoms with Gasteiger partial charge in [0.2, 0.25) is 0 Å². The molecule has 17 heavy (non-hydrogen) atoms. The quantitative estimate of drug-likeness (QED) is 0.800. The maximum absolute atomic E-state index is 12.3. The summed E-state index contributed by atoms with van der Waals surface area (Å²) in [6, 6.07) is 7.85. The lowest BCUT2D eigenvalue weighted by atomic mass is 10.1. The van der Waals surface area contributed by atoms with E-state index in [2.05, 4.69) is 11.9 Å². The molecule has 0 bridgehead atoms. The lowest BCUT2D eigenvalue weighted by Crippen LogP contribution is -2.28. The first-order chi connectivity index (χ1) is 8.24. The predicted octanol–water partition coefficient (Wildman–Crippen LogP) is 2.65. The molecule has 2 heterocycles. The number of nitrogens with zero attached hydrogens (tertiary/aromatic N) is 1. The SMILES string of the molecule is CC1CCN(C(=O)c2ccc3[nH]ccc3c2)C1. The van der Waals surface area contributed by atoms with Crippen molar-refractivity contribution in [1.29, 1.82) is 0 Å². The van der Waals surface area contributed by atoms with Crippen molar-refractivity contribution in [3.8, 4) is 0 Å². The molecule has 1 aliphatic rings. The number of amides is 1. The van der Waals surface area contributed by atoms with Gasteiger partial charge in [-0.1, -0.05) is 6.92 Å². The molecule has 1 aromatic heterocycles. The van der Waals surface area contributed by atoms with Crippen molar-refractivity contribution in [1.82, 2.24) is 9.88 Å². The Hall–Kier alpha value is -1.77. The van der Waals surface area contributed by atoms with E-state index in [-0.39, 0.29) is 5.91 Å². The van der Waals surface area contributed by atoms with Gasteiger partial charge in [-0.15, -0.1) is 0 Å². The second-order valence-corrected chi connectivity index (χ2v) is 4.92. The predicted molar refractivity (Wildman–Crippen MR) is 68.0 cm³/mol. The molecule has 1 atom stereocenters. The van der Waals surface area contributed by atoms with E-state index in [1.54, 1.807) is 0 Å². The summed E-state index contributed by atoms with van der Waals surface area (Å²) in [6.07, 6.45) is 3.02. The van der Waals surface area contributed by atoms with Crippen molar-refractivity contribution >= 4 is 16.8 Å². The number of H-pyrrole nitrogens is 1. The summed E-state index contributed by atoms with van der Waals surface area (Å²) in [4.78, 5) is 17.4. The van der Waals surface area contributed by atoms with Crippen LogP contribution in [0.15, 0.2) is 30.5 Å². The molecule has 0 spiro atoms. The van der Waals surface area contributed by atoms with Gasteiger partial charge in [-0.25, -0.2) is 0 Å². The Balaban J connectivity index is 1.89. The Labute approximate surface area is 100 Å². The summed E-state index contributed by atoms with van der Waals surface area (Å²) in [7, 11) is 0. The summed E-state index contributed by atoms with van der Waals surface area (Å²) in [5.41, 5.74) is 1.88. The summed E-state index contributed by atoms with van der Waals surface area (Å²) in [5.74, 6) is 0.799. The highest BCUT2D eigenvalue weighted by molar-refractivity contribution is 5.98. The van der Waals surface area contributed by atoms with Crippen molar-refractivity contribution < 1.29 is 4.79 Å². The molecule has 0 aliphatic carbocycles. The number of carbonyl (C=O) groups excluding carboxylic acids is 1. The van der Waals surface area contributed by atoms with Crippen LogP contribution in [-0.2, 0) is 0 Å². The first-order valence-electron chi connectivity index (χ1n) is 6.10. The van der Waals surface area contributed by atoms with Crippen LogP contribution >= 0.6 is 0 Å². The number of nitrogens with one attached hydrogen (secondary N) is 1. The molecule has 3 nitrogen and oxygen atoms in total. The van der Waals surface area contributed by atoms with Crippen molar-refractivity contribution in [2.45, 2.75) is 13.3 Å². The summed E-state index contributed by atoms with van der Waals surface area (Å²) >= 11 is 0. The van der Waals surface area contributed by atoms with E-state index in [4.69, 9.17) is 0 Å². The van der Waals surface area contributed by atoms with Crippen LogP contribution < -0.4 is 0 Å². The standard InChI is InChI=1S/C14H16N2O/c1-10-5-7-16(9-10)14(17)12-2-3-13-11(8-12)4-6-15-13/h2-4,6,8,10,15H,5,7,9H2,1H3. The van der Waals surface area contributed by atoms with E-state index in [0.717, 1.165) is 36.0 Å². The second kappa shape index (κ2) is 3.91. The van der Waals surface area contributed by atoms with Gasteiger partial charge in [0.05, 0.1) is 0 Å². The van der Waals surface area contributed by atoms with E-state index >= 15 is 0 Å². The largest absolute Gasteiger partial charge is 0.361 e. The molecule has 3 heteroatoms. The van der Waals surface area contributed by atoms with Crippen molar-refractivity contribution in [3.63, 3.8) is 0 Å². The molecule has 0 saturated carbocycles. The minimum absolute atomic E-state index is 0.164. The molecule has 0 radical (unpaired) electrons. The highest BCUT2D eigenvalue weighted by Gasteiger charge is 2.24. The minimum Gasteiger partial charge on any atom is -0.361 e. The number of hydrogen-bond donors (Lipinski definition) is 1. The molecule has 2 aromatic rings. The van der Waals surface area contributed by atoms with E-state index in [1.165, 1.54) is 0 Å². The van der Waals surface area contributed by atoms with Crippen LogP contribution in [0, 0.1) is 5.92 Å². The number of aromatic amines is 1. The third kappa shape index (κ3) is 1.82. The molecule has 1 N–H and O–H groups in total. The van der Waals surface area contributed by atoms with E-state index in [1.807, 2.05) is 35.4 Å². The number of hydrogen-bond acceptors (Lipinski definition) is 1. The number of likely N-dealkylation sites (tertiary alicyclic amines) is 1. The van der Waals surface area contributed by atoms with Crippen molar-refractivity contribution in [2.24, 2.45) is 5.92 Å². The average molecular weight is 228 g/mol. The van der Waals surface area contributed by atoms with Crippen LogP contribution in [0.4, 0.5) is 0 Å². The van der Waals surface area contributed by atoms with E-state index in [0.29, 0.717) is 5.92 Å². The zero-order valence-corrected chi connectivity index (χ0v) is 9.94. The zero-order chi connectivity index (χ0) is 11.8. The number of carbonyl (C=O) groups is 1. The monoisotopic (exact) mass is 228 g/mol. The zero-order valence-electron chi connectivity index (χ0n) is 9.94. The summed E-state index contributed by atoms with van der Waals surface area (Å²) < 4.78 is 0. The molecular weight excluding hydrogens is 212 g/mol. The average Bonchev–Trinajstić information content (AvgIpc) is 2.95. The number of benzene rings is 1. The van der Waals surface area contributed by atoms with Gasteiger partial charge in [-0.3, -0.25) is 4.79 Å². The maximum atomic E-state index is 12.3. The fourth-order valence-corrected chi connectivity index (χ4v) is 2.49. The van der Waals surface area contributed by atoms with Gasteiger partial charge in [-0.2, -0.15) is 0 Å². The molecule has 88 valence electrons. The first kappa shape index (κ1) is 10.4. The fraction of sp³-hybridized carbons (Fsp3) is 0.357. The molecule has 1 aromatic carbocycles.